The van der Waals surface area contributed by atoms with Crippen LogP contribution in [0.1, 0.15) is 25.8 Å². The van der Waals surface area contributed by atoms with Crippen molar-refractivity contribution in [3.63, 3.8) is 0 Å². The van der Waals surface area contributed by atoms with Crippen LogP contribution in [-0.2, 0) is 0 Å². The van der Waals surface area contributed by atoms with Crippen LogP contribution in [0.2, 0.25) is 0 Å². The maximum absolute atomic E-state index is 5.78. The number of para-hydroxylation sites is 1. The van der Waals surface area contributed by atoms with E-state index in [2.05, 4.69) is 24.4 Å². The monoisotopic (exact) mass is 312 g/mol. The molecule has 0 saturated heterocycles. The largest absolute Gasteiger partial charge is 0.493 e. The lowest BCUT2D eigenvalue weighted by Gasteiger charge is -2.12. The molecule has 23 heavy (non-hydrogen) atoms. The highest BCUT2D eigenvalue weighted by atomic mass is 16.5. The maximum atomic E-state index is 5.78. The quantitative estimate of drug-likeness (QED) is 0.573. The molecule has 0 unspecified atom stereocenters. The fraction of sp³-hybridized carbons (Fsp3) is 0.316. The Hall–Kier alpha value is -2.49. The number of ether oxygens (including phenoxy) is 2. The molecule has 2 aromatic carbocycles. The van der Waals surface area contributed by atoms with E-state index in [0.717, 1.165) is 29.2 Å². The highest BCUT2D eigenvalue weighted by Gasteiger charge is 2.05. The minimum absolute atomic E-state index is 0.622. The van der Waals surface area contributed by atoms with Gasteiger partial charge in [-0.25, -0.2) is 0 Å². The number of methoxy groups -OCH3 is 1. The van der Waals surface area contributed by atoms with Crippen LogP contribution in [0.5, 0.6) is 11.5 Å². The van der Waals surface area contributed by atoms with Crippen molar-refractivity contribution >= 4 is 11.9 Å². The van der Waals surface area contributed by atoms with E-state index in [4.69, 9.17) is 9.47 Å². The van der Waals surface area contributed by atoms with E-state index >= 15 is 0 Å². The molecule has 0 heterocycles. The van der Waals surface area contributed by atoms with Crippen LogP contribution in [0.25, 0.3) is 0 Å². The van der Waals surface area contributed by atoms with Crippen LogP contribution in [0.15, 0.2) is 53.6 Å². The van der Waals surface area contributed by atoms with E-state index in [-0.39, 0.29) is 0 Å². The van der Waals surface area contributed by atoms with Crippen molar-refractivity contribution in [2.75, 3.05) is 19.1 Å². The highest BCUT2D eigenvalue weighted by molar-refractivity contribution is 5.81. The molecular formula is C19H24N2O2. The minimum atomic E-state index is 0.622. The van der Waals surface area contributed by atoms with Gasteiger partial charge in [0, 0.05) is 0 Å². The van der Waals surface area contributed by atoms with Crippen molar-refractivity contribution in [2.24, 2.45) is 11.0 Å². The zero-order chi connectivity index (χ0) is 16.5. The van der Waals surface area contributed by atoms with Crippen molar-refractivity contribution in [3.05, 3.63) is 54.1 Å². The van der Waals surface area contributed by atoms with Crippen molar-refractivity contribution in [1.29, 1.82) is 0 Å². The van der Waals surface area contributed by atoms with Gasteiger partial charge in [0.05, 0.1) is 25.6 Å². The van der Waals surface area contributed by atoms with E-state index in [1.54, 1.807) is 13.3 Å². The van der Waals surface area contributed by atoms with Crippen LogP contribution < -0.4 is 14.9 Å². The molecule has 0 amide bonds. The zero-order valence-corrected chi connectivity index (χ0v) is 14.0. The third-order valence-electron chi connectivity index (χ3n) is 3.32. The second kappa shape index (κ2) is 8.83. The van der Waals surface area contributed by atoms with Gasteiger partial charge in [-0.3, -0.25) is 5.43 Å². The predicted molar refractivity (Wildman–Crippen MR) is 95.6 cm³/mol. The molecule has 0 bridgehead atoms. The Balaban J connectivity index is 1.97. The number of nitrogens with one attached hydrogen (secondary N) is 1. The first-order chi connectivity index (χ1) is 11.2. The summed E-state index contributed by atoms with van der Waals surface area (Å²) in [4.78, 5) is 0. The molecule has 0 aliphatic heterocycles. The Kier molecular flexibility index (Phi) is 6.48. The van der Waals surface area contributed by atoms with Crippen LogP contribution >= 0.6 is 0 Å². The molecule has 0 radical (unpaired) electrons. The van der Waals surface area contributed by atoms with Crippen LogP contribution in [0.4, 0.5) is 5.69 Å². The lowest BCUT2D eigenvalue weighted by Crippen LogP contribution is -2.03. The number of anilines is 1. The first-order valence-corrected chi connectivity index (χ1v) is 7.84. The van der Waals surface area contributed by atoms with E-state index < -0.39 is 0 Å². The smallest absolute Gasteiger partial charge is 0.161 e. The second-order valence-electron chi connectivity index (χ2n) is 5.68. The summed E-state index contributed by atoms with van der Waals surface area (Å²) in [5.41, 5.74) is 4.88. The lowest BCUT2D eigenvalue weighted by atomic mass is 10.1. The topological polar surface area (TPSA) is 42.8 Å². The first-order valence-electron chi connectivity index (χ1n) is 7.84. The predicted octanol–water partition coefficient (Wildman–Crippen LogP) is 4.57. The maximum Gasteiger partial charge on any atom is 0.161 e. The van der Waals surface area contributed by atoms with Crippen molar-refractivity contribution < 1.29 is 9.47 Å². The average molecular weight is 312 g/mol. The van der Waals surface area contributed by atoms with E-state index in [1.165, 1.54) is 0 Å². The molecule has 1 N–H and O–H groups in total. The molecule has 0 spiro atoms. The molecule has 0 aliphatic rings. The van der Waals surface area contributed by atoms with Gasteiger partial charge in [-0.2, -0.15) is 5.10 Å². The van der Waals surface area contributed by atoms with Crippen LogP contribution in [-0.4, -0.2) is 19.9 Å². The molecule has 0 atom stereocenters. The zero-order valence-electron chi connectivity index (χ0n) is 14.0. The summed E-state index contributed by atoms with van der Waals surface area (Å²) < 4.78 is 11.2. The van der Waals surface area contributed by atoms with Gasteiger partial charge in [0.1, 0.15) is 0 Å². The van der Waals surface area contributed by atoms with Crippen LogP contribution in [0, 0.1) is 5.92 Å². The summed E-state index contributed by atoms with van der Waals surface area (Å²) in [7, 11) is 1.65. The van der Waals surface area contributed by atoms with E-state index in [1.807, 2.05) is 48.5 Å². The Labute approximate surface area is 138 Å². The summed E-state index contributed by atoms with van der Waals surface area (Å²) in [5, 5.41) is 4.23. The Bertz CT molecular complexity index is 625. The van der Waals surface area contributed by atoms with Crippen molar-refractivity contribution in [1.82, 2.24) is 0 Å². The Morgan fingerprint density at radius 1 is 1.09 bits per heavy atom. The van der Waals surface area contributed by atoms with Gasteiger partial charge in [0.2, 0.25) is 0 Å². The Morgan fingerprint density at radius 3 is 2.57 bits per heavy atom. The molecule has 0 saturated carbocycles. The van der Waals surface area contributed by atoms with Gasteiger partial charge in [-0.1, -0.05) is 32.0 Å². The molecular weight excluding hydrogens is 288 g/mol. The SMILES string of the molecule is COc1cc(C=NNc2ccccc2)ccc1OCCC(C)C. The van der Waals surface area contributed by atoms with Gasteiger partial charge in [0.25, 0.3) is 0 Å². The van der Waals surface area contributed by atoms with Gasteiger partial charge in [-0.15, -0.1) is 0 Å². The van der Waals surface area contributed by atoms with Gasteiger partial charge in [-0.05, 0) is 48.2 Å². The summed E-state index contributed by atoms with van der Waals surface area (Å²) >= 11 is 0. The van der Waals surface area contributed by atoms with Gasteiger partial charge >= 0.3 is 0 Å². The number of nitrogens with zero attached hydrogens (tertiary/aromatic N) is 1. The fourth-order valence-electron chi connectivity index (χ4n) is 1.98. The summed E-state index contributed by atoms with van der Waals surface area (Å²) in [6.07, 6.45) is 2.78. The fourth-order valence-corrected chi connectivity index (χ4v) is 1.98. The molecule has 0 fully saturated rings. The highest BCUT2D eigenvalue weighted by Crippen LogP contribution is 2.28. The number of hydrazone groups is 1. The van der Waals surface area contributed by atoms with Crippen molar-refractivity contribution in [3.8, 4) is 11.5 Å². The first kappa shape index (κ1) is 16.9. The van der Waals surface area contributed by atoms with Gasteiger partial charge in [0.15, 0.2) is 11.5 Å². The molecule has 2 rings (SSSR count). The molecule has 4 heteroatoms. The lowest BCUT2D eigenvalue weighted by molar-refractivity contribution is 0.273. The molecule has 4 nitrogen and oxygen atoms in total. The van der Waals surface area contributed by atoms with E-state index in [0.29, 0.717) is 12.5 Å². The number of hydrogen-bond acceptors (Lipinski definition) is 4. The number of benzene rings is 2. The number of rotatable bonds is 8. The Morgan fingerprint density at radius 2 is 1.87 bits per heavy atom. The molecule has 0 aliphatic carbocycles. The summed E-state index contributed by atoms with van der Waals surface area (Å²) in [6, 6.07) is 15.6. The molecule has 2 aromatic rings. The average Bonchev–Trinajstić information content (AvgIpc) is 2.56. The van der Waals surface area contributed by atoms with Gasteiger partial charge < -0.3 is 9.47 Å². The minimum Gasteiger partial charge on any atom is -0.493 e. The summed E-state index contributed by atoms with van der Waals surface area (Å²) in [6.45, 7) is 5.05. The third-order valence-corrected chi connectivity index (χ3v) is 3.32. The second-order valence-corrected chi connectivity index (χ2v) is 5.68. The standard InChI is InChI=1S/C19H24N2O2/c1-15(2)11-12-23-18-10-9-16(13-19(18)22-3)14-20-21-17-7-5-4-6-8-17/h4-10,13-15,21H,11-12H2,1-3H3. The van der Waals surface area contributed by atoms with Crippen molar-refractivity contribution in [2.45, 2.75) is 20.3 Å². The molecule has 122 valence electrons. The number of hydrogen-bond donors (Lipinski definition) is 1. The van der Waals surface area contributed by atoms with Crippen LogP contribution in [0.3, 0.4) is 0 Å². The summed E-state index contributed by atoms with van der Waals surface area (Å²) in [5.74, 6) is 2.11. The van der Waals surface area contributed by atoms with E-state index in [9.17, 15) is 0 Å². The molecule has 0 aromatic heterocycles. The normalized spacial score (nSPS) is 11.0. The third kappa shape index (κ3) is 5.66.